The van der Waals surface area contributed by atoms with E-state index in [0.29, 0.717) is 51.1 Å². The van der Waals surface area contributed by atoms with E-state index < -0.39 is 0 Å². The highest BCUT2D eigenvalue weighted by Gasteiger charge is 2.32. The summed E-state index contributed by atoms with van der Waals surface area (Å²) in [7, 11) is 3.67. The number of benzene rings is 2. The number of hydrogen-bond donors (Lipinski definition) is 0. The van der Waals surface area contributed by atoms with Gasteiger partial charge in [0.05, 0.1) is 51.0 Å². The lowest BCUT2D eigenvalue weighted by atomic mass is 10.1. The number of methoxy groups -OCH3 is 1. The number of hydrogen-bond acceptors (Lipinski definition) is 8. The Bertz CT molecular complexity index is 1700. The van der Waals surface area contributed by atoms with Crippen LogP contribution in [-0.2, 0) is 16.0 Å². The topological polar surface area (TPSA) is 92.5 Å². The lowest BCUT2D eigenvalue weighted by molar-refractivity contribution is -0.919. The van der Waals surface area contributed by atoms with Gasteiger partial charge in [-0.05, 0) is 61.4 Å². The van der Waals surface area contributed by atoms with E-state index in [1.807, 2.05) is 25.1 Å². The third-order valence-electron chi connectivity index (χ3n) is 8.31. The molecular weight excluding hydrogens is 612 g/mol. The van der Waals surface area contributed by atoms with Crippen molar-refractivity contribution < 1.29 is 28.3 Å². The van der Waals surface area contributed by atoms with E-state index in [9.17, 15) is 9.59 Å². The standard InChI is InChI=1S/C34H40ClN4O5S/c1-5-6-7-8-18-43-33-32(36-45-37-33)25-10-9-17-39(3,21-25)22-44-31(40)20-28-23(2)38(30-16-15-27(42-4)19-29(28)30)34(41)24-11-13-26(35)14-12-24/h10-16,19H,5-9,17-18,20-22H2,1-4H3/q+1. The predicted octanol–water partition coefficient (Wildman–Crippen LogP) is 7.09. The molecule has 0 saturated carbocycles. The Morgan fingerprint density at radius 1 is 1.09 bits per heavy atom. The Balaban J connectivity index is 1.29. The van der Waals surface area contributed by atoms with E-state index in [2.05, 4.69) is 28.8 Å². The number of quaternary nitrogens is 1. The fourth-order valence-corrected chi connectivity index (χ4v) is 6.43. The minimum absolute atomic E-state index is 0.0190. The summed E-state index contributed by atoms with van der Waals surface area (Å²) in [6.45, 7) is 6.36. The first-order valence-electron chi connectivity index (χ1n) is 15.3. The van der Waals surface area contributed by atoms with Crippen LogP contribution in [0.2, 0.25) is 5.02 Å². The molecule has 3 heterocycles. The van der Waals surface area contributed by atoms with Crippen molar-refractivity contribution >= 4 is 51.7 Å². The van der Waals surface area contributed by atoms with Crippen molar-refractivity contribution in [2.45, 2.75) is 52.4 Å². The van der Waals surface area contributed by atoms with Crippen molar-refractivity contribution in [3.8, 4) is 11.6 Å². The van der Waals surface area contributed by atoms with Crippen molar-refractivity contribution in [2.24, 2.45) is 0 Å². The SMILES string of the molecule is CCCCCCOc1nsnc1C1=CCC[N+](C)(COC(=O)Cc2c(C)n(C(=O)c3ccc(Cl)cc3)c3ccc(OC)cc23)C1. The highest BCUT2D eigenvalue weighted by atomic mass is 35.5. The molecule has 2 aromatic carbocycles. The van der Waals surface area contributed by atoms with Gasteiger partial charge in [-0.15, -0.1) is 4.37 Å². The number of carbonyl (C=O) groups is 2. The molecular formula is C34H40ClN4O5S+. The number of unbranched alkanes of at least 4 members (excludes halogenated alkanes) is 3. The molecule has 0 N–H and O–H groups in total. The van der Waals surface area contributed by atoms with Crippen LogP contribution in [0.25, 0.3) is 16.5 Å². The maximum atomic E-state index is 13.6. The Labute approximate surface area is 273 Å². The van der Waals surface area contributed by atoms with Crippen LogP contribution in [0, 0.1) is 6.92 Å². The van der Waals surface area contributed by atoms with Gasteiger partial charge in [0.25, 0.3) is 11.8 Å². The maximum Gasteiger partial charge on any atom is 0.314 e. The first-order chi connectivity index (χ1) is 21.7. The molecule has 0 fully saturated rings. The summed E-state index contributed by atoms with van der Waals surface area (Å²) in [6.07, 6.45) is 7.54. The molecule has 2 aromatic heterocycles. The zero-order chi connectivity index (χ0) is 32.0. The first kappa shape index (κ1) is 32.7. The quantitative estimate of drug-likeness (QED) is 0.0866. The summed E-state index contributed by atoms with van der Waals surface area (Å²) >= 11 is 7.21. The van der Waals surface area contributed by atoms with Gasteiger partial charge in [-0.1, -0.05) is 43.9 Å². The van der Waals surface area contributed by atoms with Gasteiger partial charge in [0, 0.05) is 33.7 Å². The number of ether oxygens (including phenoxy) is 3. The first-order valence-corrected chi connectivity index (χ1v) is 16.5. The molecule has 238 valence electrons. The van der Waals surface area contributed by atoms with Gasteiger partial charge in [-0.25, -0.2) is 0 Å². The van der Waals surface area contributed by atoms with Crippen LogP contribution in [0.3, 0.4) is 0 Å². The average Bonchev–Trinajstić information content (AvgIpc) is 3.62. The van der Waals surface area contributed by atoms with Gasteiger partial charge in [0.1, 0.15) is 18.0 Å². The fraction of sp³-hybridized carbons (Fsp3) is 0.412. The smallest absolute Gasteiger partial charge is 0.314 e. The minimum atomic E-state index is -0.360. The van der Waals surface area contributed by atoms with Crippen LogP contribution in [-0.4, -0.2) is 70.3 Å². The van der Waals surface area contributed by atoms with E-state index in [1.165, 1.54) is 12.8 Å². The summed E-state index contributed by atoms with van der Waals surface area (Å²) in [6, 6.07) is 12.3. The molecule has 9 nitrogen and oxygen atoms in total. The third kappa shape index (κ3) is 7.57. The zero-order valence-corrected chi connectivity index (χ0v) is 27.9. The normalized spacial score (nSPS) is 16.4. The van der Waals surface area contributed by atoms with Crippen LogP contribution in [0.5, 0.6) is 11.6 Å². The molecule has 5 rings (SSSR count). The molecule has 1 aliphatic heterocycles. The monoisotopic (exact) mass is 651 g/mol. The van der Waals surface area contributed by atoms with Gasteiger partial charge in [-0.3, -0.25) is 18.6 Å². The van der Waals surface area contributed by atoms with Gasteiger partial charge < -0.3 is 14.2 Å². The average molecular weight is 652 g/mol. The van der Waals surface area contributed by atoms with Crippen molar-refractivity contribution in [1.29, 1.82) is 0 Å². The zero-order valence-electron chi connectivity index (χ0n) is 26.3. The van der Waals surface area contributed by atoms with Gasteiger partial charge in [-0.2, -0.15) is 4.37 Å². The molecule has 1 unspecified atom stereocenters. The lowest BCUT2D eigenvalue weighted by Gasteiger charge is -2.36. The van der Waals surface area contributed by atoms with Gasteiger partial charge >= 0.3 is 5.97 Å². The second-order valence-corrected chi connectivity index (χ2v) is 12.7. The highest BCUT2D eigenvalue weighted by molar-refractivity contribution is 6.99. The molecule has 1 atom stereocenters. The second-order valence-electron chi connectivity index (χ2n) is 11.8. The molecule has 0 saturated heterocycles. The highest BCUT2D eigenvalue weighted by Crippen LogP contribution is 2.32. The summed E-state index contributed by atoms with van der Waals surface area (Å²) in [5, 5.41) is 1.32. The van der Waals surface area contributed by atoms with Gasteiger partial charge in [0.2, 0.25) is 6.73 Å². The number of halogens is 1. The van der Waals surface area contributed by atoms with Crippen molar-refractivity contribution in [2.75, 3.05) is 40.6 Å². The van der Waals surface area contributed by atoms with Gasteiger partial charge in [0.15, 0.2) is 0 Å². The Hall–Kier alpha value is -3.73. The minimum Gasteiger partial charge on any atom is -0.497 e. The maximum absolute atomic E-state index is 13.6. The number of fused-ring (bicyclic) bond motifs is 1. The van der Waals surface area contributed by atoms with E-state index in [1.54, 1.807) is 35.9 Å². The molecule has 0 bridgehead atoms. The number of likely N-dealkylation sites (N-methyl/N-ethyl adjacent to an activating group) is 1. The Morgan fingerprint density at radius 3 is 2.64 bits per heavy atom. The van der Waals surface area contributed by atoms with Crippen LogP contribution in [0.15, 0.2) is 48.5 Å². The van der Waals surface area contributed by atoms with Crippen molar-refractivity contribution in [1.82, 2.24) is 13.3 Å². The molecule has 1 aliphatic rings. The summed E-state index contributed by atoms with van der Waals surface area (Å²) in [4.78, 5) is 27.0. The van der Waals surface area contributed by atoms with Crippen LogP contribution in [0.4, 0.5) is 0 Å². The summed E-state index contributed by atoms with van der Waals surface area (Å²) < 4.78 is 28.5. The largest absolute Gasteiger partial charge is 0.497 e. The van der Waals surface area contributed by atoms with Crippen molar-refractivity contribution in [3.63, 3.8) is 0 Å². The van der Waals surface area contributed by atoms with Crippen LogP contribution < -0.4 is 9.47 Å². The molecule has 45 heavy (non-hydrogen) atoms. The molecule has 0 aliphatic carbocycles. The van der Waals surface area contributed by atoms with E-state index in [0.717, 1.165) is 59.8 Å². The molecule has 0 radical (unpaired) electrons. The van der Waals surface area contributed by atoms with Crippen LogP contribution in [0.1, 0.15) is 66.3 Å². The van der Waals surface area contributed by atoms with Crippen molar-refractivity contribution in [3.05, 3.63) is 76.1 Å². The van der Waals surface area contributed by atoms with E-state index >= 15 is 0 Å². The number of esters is 1. The predicted molar refractivity (Wildman–Crippen MR) is 177 cm³/mol. The fourth-order valence-electron chi connectivity index (χ4n) is 5.78. The molecule has 0 spiro atoms. The number of nitrogens with zero attached hydrogens (tertiary/aromatic N) is 4. The number of carbonyl (C=O) groups excluding carboxylic acids is 2. The Kier molecular flexibility index (Phi) is 10.6. The second kappa shape index (κ2) is 14.6. The number of rotatable bonds is 13. The van der Waals surface area contributed by atoms with E-state index in [-0.39, 0.29) is 25.0 Å². The lowest BCUT2D eigenvalue weighted by Crippen LogP contribution is -2.49. The van der Waals surface area contributed by atoms with Crippen LogP contribution >= 0.6 is 23.3 Å². The summed E-state index contributed by atoms with van der Waals surface area (Å²) in [5.41, 5.74) is 4.44. The Morgan fingerprint density at radius 2 is 1.89 bits per heavy atom. The van der Waals surface area contributed by atoms with E-state index in [4.69, 9.17) is 25.8 Å². The third-order valence-corrected chi connectivity index (χ3v) is 9.07. The number of aromatic nitrogens is 3. The summed E-state index contributed by atoms with van der Waals surface area (Å²) in [5.74, 6) is 0.662. The molecule has 11 heteroatoms. The molecule has 4 aromatic rings. The molecule has 0 amide bonds.